The molecule has 4 rings (SSSR count). The van der Waals surface area contributed by atoms with E-state index in [1.807, 2.05) is 31.2 Å². The third-order valence-electron chi connectivity index (χ3n) is 4.81. The van der Waals surface area contributed by atoms with E-state index in [1.54, 1.807) is 34.3 Å². The lowest BCUT2D eigenvalue weighted by molar-refractivity contribution is 0.0532. The number of aromatic amines is 1. The molecule has 0 aliphatic carbocycles. The minimum absolute atomic E-state index is 0.0140. The molecule has 2 amide bonds. The van der Waals surface area contributed by atoms with Gasteiger partial charge in [-0.25, -0.2) is 0 Å². The summed E-state index contributed by atoms with van der Waals surface area (Å²) in [5, 5.41) is 6.93. The Hall–Kier alpha value is -3.35. The van der Waals surface area contributed by atoms with Crippen LogP contribution < -0.4 is 0 Å². The van der Waals surface area contributed by atoms with Gasteiger partial charge in [0.15, 0.2) is 11.5 Å². The highest BCUT2D eigenvalue weighted by molar-refractivity contribution is 5.96. The van der Waals surface area contributed by atoms with Crippen molar-refractivity contribution in [3.8, 4) is 11.5 Å². The molecule has 1 aliphatic rings. The van der Waals surface area contributed by atoms with E-state index in [1.165, 1.54) is 0 Å². The van der Waals surface area contributed by atoms with Crippen LogP contribution in [0.3, 0.4) is 0 Å². The topological polar surface area (TPSA) is 82.4 Å². The fraction of sp³-hybridized carbons (Fsp3) is 0.250. The van der Waals surface area contributed by atoms with Crippen molar-refractivity contribution < 1.29 is 14.0 Å². The molecule has 1 aliphatic heterocycles. The number of aryl methyl sites for hydroxylation is 1. The van der Waals surface area contributed by atoms with Crippen LogP contribution >= 0.6 is 0 Å². The molecule has 138 valence electrons. The number of nitrogens with one attached hydrogen (secondary N) is 1. The van der Waals surface area contributed by atoms with Crippen LogP contribution in [0.2, 0.25) is 0 Å². The van der Waals surface area contributed by atoms with Crippen molar-refractivity contribution in [3.63, 3.8) is 0 Å². The fourth-order valence-electron chi connectivity index (χ4n) is 3.25. The number of aromatic nitrogens is 2. The highest BCUT2D eigenvalue weighted by Crippen LogP contribution is 2.19. The van der Waals surface area contributed by atoms with Gasteiger partial charge >= 0.3 is 0 Å². The van der Waals surface area contributed by atoms with E-state index in [0.29, 0.717) is 48.9 Å². The first kappa shape index (κ1) is 17.1. The van der Waals surface area contributed by atoms with Gasteiger partial charge in [-0.05, 0) is 30.7 Å². The summed E-state index contributed by atoms with van der Waals surface area (Å²) in [7, 11) is 0. The van der Waals surface area contributed by atoms with Crippen LogP contribution in [0.15, 0.2) is 53.1 Å². The number of amides is 2. The van der Waals surface area contributed by atoms with Crippen molar-refractivity contribution in [1.82, 2.24) is 20.0 Å². The molecule has 1 saturated heterocycles. The number of carbonyl (C=O) groups is 2. The molecule has 7 nitrogen and oxygen atoms in total. The quantitative estimate of drug-likeness (QED) is 0.774. The third kappa shape index (κ3) is 3.36. The van der Waals surface area contributed by atoms with Gasteiger partial charge in [-0.15, -0.1) is 0 Å². The van der Waals surface area contributed by atoms with Crippen LogP contribution in [0, 0.1) is 6.92 Å². The molecular weight excluding hydrogens is 344 g/mol. The van der Waals surface area contributed by atoms with E-state index < -0.39 is 0 Å². The van der Waals surface area contributed by atoms with Crippen LogP contribution in [-0.4, -0.2) is 58.0 Å². The van der Waals surface area contributed by atoms with Crippen molar-refractivity contribution in [1.29, 1.82) is 0 Å². The maximum absolute atomic E-state index is 12.7. The van der Waals surface area contributed by atoms with Gasteiger partial charge in [0.1, 0.15) is 5.69 Å². The molecule has 0 bridgehead atoms. The zero-order valence-electron chi connectivity index (χ0n) is 15.0. The normalized spacial score (nSPS) is 14.4. The summed E-state index contributed by atoms with van der Waals surface area (Å²) in [5.74, 6) is 0.502. The molecule has 0 spiro atoms. The van der Waals surface area contributed by atoms with Crippen LogP contribution in [-0.2, 0) is 0 Å². The lowest BCUT2D eigenvalue weighted by Gasteiger charge is -2.34. The molecule has 1 fully saturated rings. The van der Waals surface area contributed by atoms with E-state index in [9.17, 15) is 9.59 Å². The Morgan fingerprint density at radius 3 is 2.37 bits per heavy atom. The van der Waals surface area contributed by atoms with Gasteiger partial charge in [-0.1, -0.05) is 18.2 Å². The maximum Gasteiger partial charge on any atom is 0.274 e. The number of benzene rings is 1. The molecule has 1 aromatic carbocycles. The number of hydrogen-bond acceptors (Lipinski definition) is 4. The predicted molar refractivity (Wildman–Crippen MR) is 99.3 cm³/mol. The Labute approximate surface area is 156 Å². The van der Waals surface area contributed by atoms with E-state index in [0.717, 1.165) is 5.56 Å². The number of hydrogen-bond donors (Lipinski definition) is 1. The summed E-state index contributed by atoms with van der Waals surface area (Å²) in [5.41, 5.74) is 2.69. The minimum atomic E-state index is -0.146. The molecule has 7 heteroatoms. The molecule has 0 unspecified atom stereocenters. The number of piperazine rings is 1. The molecule has 3 heterocycles. The molecule has 0 radical (unpaired) electrons. The summed E-state index contributed by atoms with van der Waals surface area (Å²) in [6.45, 7) is 3.92. The van der Waals surface area contributed by atoms with Crippen molar-refractivity contribution in [2.45, 2.75) is 6.92 Å². The van der Waals surface area contributed by atoms with E-state index in [2.05, 4.69) is 10.2 Å². The first-order valence-corrected chi connectivity index (χ1v) is 8.87. The standard InChI is InChI=1S/C20H20N4O3/c1-14-5-2-3-6-15(14)19(25)23-8-10-24(11-9-23)20(26)17-13-16(21-22-17)18-7-4-12-27-18/h2-7,12-13H,8-11H2,1H3,(H,21,22). The first-order valence-electron chi connectivity index (χ1n) is 8.87. The summed E-state index contributed by atoms with van der Waals surface area (Å²) in [6, 6.07) is 12.8. The molecule has 0 atom stereocenters. The van der Waals surface area contributed by atoms with Gasteiger partial charge in [0.05, 0.1) is 6.26 Å². The zero-order valence-corrected chi connectivity index (χ0v) is 15.0. The highest BCUT2D eigenvalue weighted by atomic mass is 16.3. The summed E-state index contributed by atoms with van der Waals surface area (Å²) in [6.07, 6.45) is 1.57. The Balaban J connectivity index is 1.40. The summed E-state index contributed by atoms with van der Waals surface area (Å²) < 4.78 is 5.31. The second-order valence-electron chi connectivity index (χ2n) is 6.54. The van der Waals surface area contributed by atoms with Gasteiger partial charge in [0, 0.05) is 37.8 Å². The lowest BCUT2D eigenvalue weighted by atomic mass is 10.1. The monoisotopic (exact) mass is 364 g/mol. The molecule has 0 saturated carbocycles. The second kappa shape index (κ2) is 7.11. The third-order valence-corrected chi connectivity index (χ3v) is 4.81. The van der Waals surface area contributed by atoms with Gasteiger partial charge < -0.3 is 14.2 Å². The smallest absolute Gasteiger partial charge is 0.274 e. The van der Waals surface area contributed by atoms with E-state index >= 15 is 0 Å². The second-order valence-corrected chi connectivity index (χ2v) is 6.54. The molecular formula is C20H20N4O3. The van der Waals surface area contributed by atoms with Crippen LogP contribution in [0.4, 0.5) is 0 Å². The fourth-order valence-corrected chi connectivity index (χ4v) is 3.25. The Morgan fingerprint density at radius 1 is 1.00 bits per heavy atom. The van der Waals surface area contributed by atoms with Crippen LogP contribution in [0.25, 0.3) is 11.5 Å². The van der Waals surface area contributed by atoms with Crippen molar-refractivity contribution >= 4 is 11.8 Å². The average Bonchev–Trinajstić information content (AvgIpc) is 3.39. The van der Waals surface area contributed by atoms with Crippen molar-refractivity contribution in [2.24, 2.45) is 0 Å². The van der Waals surface area contributed by atoms with Gasteiger partial charge in [-0.2, -0.15) is 5.10 Å². The number of nitrogens with zero attached hydrogens (tertiary/aromatic N) is 3. The molecule has 3 aromatic rings. The minimum Gasteiger partial charge on any atom is -0.463 e. The largest absolute Gasteiger partial charge is 0.463 e. The van der Waals surface area contributed by atoms with Gasteiger partial charge in [-0.3, -0.25) is 14.7 Å². The molecule has 27 heavy (non-hydrogen) atoms. The lowest BCUT2D eigenvalue weighted by Crippen LogP contribution is -2.50. The van der Waals surface area contributed by atoms with Gasteiger partial charge in [0.2, 0.25) is 0 Å². The van der Waals surface area contributed by atoms with Crippen LogP contribution in [0.5, 0.6) is 0 Å². The van der Waals surface area contributed by atoms with Gasteiger partial charge in [0.25, 0.3) is 11.8 Å². The number of furan rings is 1. The Morgan fingerprint density at radius 2 is 1.70 bits per heavy atom. The number of rotatable bonds is 3. The summed E-state index contributed by atoms with van der Waals surface area (Å²) >= 11 is 0. The van der Waals surface area contributed by atoms with E-state index in [-0.39, 0.29) is 11.8 Å². The highest BCUT2D eigenvalue weighted by Gasteiger charge is 2.27. The van der Waals surface area contributed by atoms with E-state index in [4.69, 9.17) is 4.42 Å². The number of carbonyl (C=O) groups excluding carboxylic acids is 2. The van der Waals surface area contributed by atoms with Crippen molar-refractivity contribution in [2.75, 3.05) is 26.2 Å². The maximum atomic E-state index is 12.7. The SMILES string of the molecule is Cc1ccccc1C(=O)N1CCN(C(=O)c2cc(-c3ccco3)[nH]n2)CC1. The van der Waals surface area contributed by atoms with Crippen molar-refractivity contribution in [3.05, 3.63) is 65.5 Å². The predicted octanol–water partition coefficient (Wildman–Crippen LogP) is 2.58. The summed E-state index contributed by atoms with van der Waals surface area (Å²) in [4.78, 5) is 28.9. The molecule has 1 N–H and O–H groups in total. The zero-order chi connectivity index (χ0) is 18.8. The number of H-pyrrole nitrogens is 1. The first-order chi connectivity index (χ1) is 13.1. The molecule has 2 aromatic heterocycles. The Bertz CT molecular complexity index is 953. The van der Waals surface area contributed by atoms with Crippen LogP contribution in [0.1, 0.15) is 26.4 Å². The Kier molecular flexibility index (Phi) is 4.50. The average molecular weight is 364 g/mol.